The maximum Gasteiger partial charge on any atom is 0.253 e. The van der Waals surface area contributed by atoms with Crippen LogP contribution in [0.15, 0.2) is 15.7 Å². The van der Waals surface area contributed by atoms with Crippen LogP contribution in [-0.2, 0) is 29.7 Å². The number of aryl methyl sites for hydroxylation is 1. The number of thiophene rings is 1. The SMILES string of the molecule is Cc1ccsc1S(=O)(=O)N1Cc2c(CN3CCCCC3)nn(C(C)C)c2C1. The summed E-state index contributed by atoms with van der Waals surface area (Å²) >= 11 is 1.31. The van der Waals surface area contributed by atoms with Crippen LogP contribution in [0, 0.1) is 6.92 Å². The van der Waals surface area contributed by atoms with Crippen molar-refractivity contribution in [1.29, 1.82) is 0 Å². The van der Waals surface area contributed by atoms with Gasteiger partial charge in [-0.05, 0) is 63.7 Å². The van der Waals surface area contributed by atoms with Gasteiger partial charge >= 0.3 is 0 Å². The second-order valence-electron chi connectivity index (χ2n) is 7.91. The lowest BCUT2D eigenvalue weighted by Gasteiger charge is -2.26. The standard InChI is InChI=1S/C19H28N4O2S2/c1-14(2)23-18-13-22(27(24,25)19-15(3)7-10-26-19)11-16(18)17(20-23)12-21-8-5-4-6-9-21/h7,10,14H,4-6,8-9,11-13H2,1-3H3. The normalized spacial score (nSPS) is 19.1. The zero-order valence-electron chi connectivity index (χ0n) is 16.3. The minimum atomic E-state index is -3.46. The Morgan fingerprint density at radius 3 is 2.56 bits per heavy atom. The highest BCUT2D eigenvalue weighted by Gasteiger charge is 2.37. The molecule has 1 fully saturated rings. The lowest BCUT2D eigenvalue weighted by Crippen LogP contribution is -2.30. The van der Waals surface area contributed by atoms with E-state index in [4.69, 9.17) is 5.10 Å². The summed E-state index contributed by atoms with van der Waals surface area (Å²) < 4.78 is 30.4. The van der Waals surface area contributed by atoms with E-state index in [2.05, 4.69) is 18.7 Å². The second kappa shape index (κ2) is 7.31. The van der Waals surface area contributed by atoms with Gasteiger partial charge < -0.3 is 0 Å². The van der Waals surface area contributed by atoms with Gasteiger partial charge in [0.25, 0.3) is 10.0 Å². The van der Waals surface area contributed by atoms with Gasteiger partial charge in [0.15, 0.2) is 0 Å². The quantitative estimate of drug-likeness (QED) is 0.759. The third-order valence-corrected chi connectivity index (χ3v) is 9.02. The molecule has 0 saturated carbocycles. The third-order valence-electron chi connectivity index (χ3n) is 5.56. The Morgan fingerprint density at radius 1 is 1.19 bits per heavy atom. The van der Waals surface area contributed by atoms with Gasteiger partial charge in [-0.15, -0.1) is 11.3 Å². The molecule has 8 heteroatoms. The number of likely N-dealkylation sites (tertiary alicyclic amines) is 1. The zero-order valence-corrected chi connectivity index (χ0v) is 17.9. The van der Waals surface area contributed by atoms with Crippen LogP contribution in [0.25, 0.3) is 0 Å². The summed E-state index contributed by atoms with van der Waals surface area (Å²) in [4.78, 5) is 2.46. The van der Waals surface area contributed by atoms with Crippen LogP contribution in [0.5, 0.6) is 0 Å². The van der Waals surface area contributed by atoms with E-state index in [1.165, 1.54) is 30.6 Å². The van der Waals surface area contributed by atoms with Crippen molar-refractivity contribution < 1.29 is 8.42 Å². The summed E-state index contributed by atoms with van der Waals surface area (Å²) in [5.74, 6) is 0. The minimum absolute atomic E-state index is 0.222. The fraction of sp³-hybridized carbons (Fsp3) is 0.632. The minimum Gasteiger partial charge on any atom is -0.297 e. The van der Waals surface area contributed by atoms with E-state index in [1.54, 1.807) is 4.31 Å². The van der Waals surface area contributed by atoms with Gasteiger partial charge in [0.05, 0.1) is 17.9 Å². The van der Waals surface area contributed by atoms with Crippen molar-refractivity contribution in [3.8, 4) is 0 Å². The number of aromatic nitrogens is 2. The van der Waals surface area contributed by atoms with Gasteiger partial charge in [-0.1, -0.05) is 6.42 Å². The number of fused-ring (bicyclic) bond motifs is 1. The predicted octanol–water partition coefficient (Wildman–Crippen LogP) is 3.52. The first-order valence-corrected chi connectivity index (χ1v) is 12.1. The average Bonchev–Trinajstić information content (AvgIpc) is 3.32. The number of sulfonamides is 1. The molecule has 0 radical (unpaired) electrons. The number of hydrogen-bond donors (Lipinski definition) is 0. The summed E-state index contributed by atoms with van der Waals surface area (Å²) in [5, 5.41) is 6.73. The molecule has 0 unspecified atom stereocenters. The summed E-state index contributed by atoms with van der Waals surface area (Å²) in [7, 11) is -3.46. The largest absolute Gasteiger partial charge is 0.297 e. The van der Waals surface area contributed by atoms with E-state index < -0.39 is 10.0 Å². The Bertz CT molecular complexity index is 924. The van der Waals surface area contributed by atoms with Crippen molar-refractivity contribution in [3.63, 3.8) is 0 Å². The van der Waals surface area contributed by atoms with Gasteiger partial charge in [0.2, 0.25) is 0 Å². The molecule has 6 nitrogen and oxygen atoms in total. The zero-order chi connectivity index (χ0) is 19.2. The van der Waals surface area contributed by atoms with Crippen LogP contribution >= 0.6 is 11.3 Å². The fourth-order valence-electron chi connectivity index (χ4n) is 4.10. The number of nitrogens with zero attached hydrogens (tertiary/aromatic N) is 4. The van der Waals surface area contributed by atoms with Gasteiger partial charge in [-0.25, -0.2) is 8.42 Å². The summed E-state index contributed by atoms with van der Waals surface area (Å²) in [6.45, 7) is 9.99. The maximum atomic E-state index is 13.2. The average molecular weight is 409 g/mol. The van der Waals surface area contributed by atoms with E-state index in [0.717, 1.165) is 42.1 Å². The lowest BCUT2D eigenvalue weighted by atomic mass is 10.1. The van der Waals surface area contributed by atoms with Crippen molar-refractivity contribution in [3.05, 3.63) is 34.0 Å². The summed E-state index contributed by atoms with van der Waals surface area (Å²) in [6.07, 6.45) is 3.79. The molecule has 0 N–H and O–H groups in total. The molecule has 2 aliphatic heterocycles. The molecule has 0 aromatic carbocycles. The summed E-state index contributed by atoms with van der Waals surface area (Å²) in [6, 6.07) is 2.10. The van der Waals surface area contributed by atoms with Gasteiger partial charge in [0, 0.05) is 24.7 Å². The molecular weight excluding hydrogens is 380 g/mol. The number of hydrogen-bond acceptors (Lipinski definition) is 5. The van der Waals surface area contributed by atoms with Gasteiger partial charge in [-0.2, -0.15) is 9.40 Å². The number of rotatable bonds is 5. The van der Waals surface area contributed by atoms with Crippen molar-refractivity contribution in [2.45, 2.75) is 69.9 Å². The topological polar surface area (TPSA) is 58.4 Å². The van der Waals surface area contributed by atoms with E-state index >= 15 is 0 Å². The third kappa shape index (κ3) is 3.48. The highest BCUT2D eigenvalue weighted by atomic mass is 32.2. The van der Waals surface area contributed by atoms with Crippen LogP contribution < -0.4 is 0 Å². The molecule has 2 aliphatic rings. The first kappa shape index (κ1) is 19.1. The molecule has 1 saturated heterocycles. The molecule has 2 aromatic heterocycles. The predicted molar refractivity (Wildman–Crippen MR) is 107 cm³/mol. The van der Waals surface area contributed by atoms with Crippen molar-refractivity contribution in [2.24, 2.45) is 0 Å². The Morgan fingerprint density at radius 2 is 1.93 bits per heavy atom. The van der Waals surface area contributed by atoms with Crippen molar-refractivity contribution in [2.75, 3.05) is 13.1 Å². The van der Waals surface area contributed by atoms with Crippen molar-refractivity contribution in [1.82, 2.24) is 19.0 Å². The molecule has 4 heterocycles. The Kier molecular flexibility index (Phi) is 5.18. The second-order valence-corrected chi connectivity index (χ2v) is 11.0. The summed E-state index contributed by atoms with van der Waals surface area (Å²) in [5.41, 5.74) is 4.07. The first-order valence-electron chi connectivity index (χ1n) is 9.73. The molecule has 27 heavy (non-hydrogen) atoms. The smallest absolute Gasteiger partial charge is 0.253 e. The van der Waals surface area contributed by atoms with E-state index in [1.807, 2.05) is 23.1 Å². The Hall–Kier alpha value is -1.22. The highest BCUT2D eigenvalue weighted by Crippen LogP contribution is 2.35. The number of piperidine rings is 1. The first-order chi connectivity index (χ1) is 12.9. The van der Waals surface area contributed by atoms with Crippen molar-refractivity contribution >= 4 is 21.4 Å². The Balaban J connectivity index is 1.64. The monoisotopic (exact) mass is 408 g/mol. The fourth-order valence-corrected chi connectivity index (χ4v) is 7.02. The Labute approximate surface area is 165 Å². The van der Waals surface area contributed by atoms with Crippen LogP contribution in [0.2, 0.25) is 0 Å². The molecule has 0 amide bonds. The molecule has 0 atom stereocenters. The highest BCUT2D eigenvalue weighted by molar-refractivity contribution is 7.91. The van der Waals surface area contributed by atoms with E-state index in [0.29, 0.717) is 17.3 Å². The maximum absolute atomic E-state index is 13.2. The van der Waals surface area contributed by atoms with Crippen LogP contribution in [0.3, 0.4) is 0 Å². The molecular formula is C19H28N4O2S2. The lowest BCUT2D eigenvalue weighted by molar-refractivity contribution is 0.216. The van der Waals surface area contributed by atoms with E-state index in [-0.39, 0.29) is 6.04 Å². The van der Waals surface area contributed by atoms with Crippen LogP contribution in [0.1, 0.15) is 61.7 Å². The molecule has 148 valence electrons. The molecule has 0 aliphatic carbocycles. The van der Waals surface area contributed by atoms with Gasteiger partial charge in [-0.3, -0.25) is 9.58 Å². The van der Waals surface area contributed by atoms with E-state index in [9.17, 15) is 8.42 Å². The molecule has 0 bridgehead atoms. The molecule has 4 rings (SSSR count). The molecule has 0 spiro atoms. The van der Waals surface area contributed by atoms with Gasteiger partial charge in [0.1, 0.15) is 4.21 Å². The van der Waals surface area contributed by atoms with Crippen LogP contribution in [0.4, 0.5) is 0 Å². The molecule has 2 aromatic rings. The van der Waals surface area contributed by atoms with Crippen LogP contribution in [-0.4, -0.2) is 40.5 Å².